The maximum atomic E-state index is 7.16. The second-order valence-electron chi connectivity index (χ2n) is 8.93. The molecule has 0 bridgehead atoms. The summed E-state index contributed by atoms with van der Waals surface area (Å²) < 4.78 is 7.16. The molecule has 0 spiro atoms. The van der Waals surface area contributed by atoms with Gasteiger partial charge in [-0.2, -0.15) is 0 Å². The minimum absolute atomic E-state index is 0.0230. The lowest BCUT2D eigenvalue weighted by Gasteiger charge is -2.48. The monoisotopic (exact) mass is 402 g/mol. The van der Waals surface area contributed by atoms with Gasteiger partial charge in [-0.25, -0.2) is 4.98 Å². The zero-order chi connectivity index (χ0) is 20.3. The molecule has 3 nitrogen and oxygen atoms in total. The summed E-state index contributed by atoms with van der Waals surface area (Å²) in [6.45, 7) is 7.00. The summed E-state index contributed by atoms with van der Waals surface area (Å²) in [6.07, 6.45) is 4.13. The van der Waals surface area contributed by atoms with E-state index in [1.165, 1.54) is 10.4 Å². The number of pyridine rings is 1. The van der Waals surface area contributed by atoms with Crippen molar-refractivity contribution in [1.82, 2.24) is 4.98 Å². The van der Waals surface area contributed by atoms with E-state index in [1.807, 2.05) is 24.4 Å². The van der Waals surface area contributed by atoms with Crippen molar-refractivity contribution in [3.05, 3.63) is 85.1 Å². The van der Waals surface area contributed by atoms with Crippen molar-refractivity contribution in [3.8, 4) is 0 Å². The van der Waals surface area contributed by atoms with Gasteiger partial charge in [-0.1, -0.05) is 87.5 Å². The summed E-state index contributed by atoms with van der Waals surface area (Å²) in [6, 6.07) is 28.2. The summed E-state index contributed by atoms with van der Waals surface area (Å²) in [7, 11) is -2.45. The fourth-order valence-electron chi connectivity index (χ4n) is 4.38. The Morgan fingerprint density at radius 2 is 1.38 bits per heavy atom. The number of anilines is 1. The van der Waals surface area contributed by atoms with Crippen molar-refractivity contribution in [2.24, 2.45) is 0 Å². The summed E-state index contributed by atoms with van der Waals surface area (Å²) in [5.41, 5.74) is 0. The standard InChI is InChI=1S/C25H30N2OSi/c1-25(2,3)29(22-12-6-4-7-13-22,23-14-8-5-9-15-23)28-21-18-20(19-21)27-24-16-10-11-17-26-24/h4-17,20-21H,18-19H2,1-3H3,(H,26,27). The number of hydrogen-bond acceptors (Lipinski definition) is 3. The predicted octanol–water partition coefficient (Wildman–Crippen LogP) is 4.60. The highest BCUT2D eigenvalue weighted by atomic mass is 28.4. The zero-order valence-electron chi connectivity index (χ0n) is 17.5. The van der Waals surface area contributed by atoms with Crippen LogP contribution in [-0.2, 0) is 4.43 Å². The first-order valence-electron chi connectivity index (χ1n) is 10.5. The molecule has 1 aliphatic rings. The van der Waals surface area contributed by atoms with Crippen molar-refractivity contribution in [2.45, 2.75) is 50.8 Å². The third-order valence-corrected chi connectivity index (χ3v) is 11.0. The molecule has 29 heavy (non-hydrogen) atoms. The first-order valence-corrected chi connectivity index (χ1v) is 12.4. The molecule has 1 aliphatic carbocycles. The second-order valence-corrected chi connectivity index (χ2v) is 13.2. The van der Waals surface area contributed by atoms with E-state index in [1.54, 1.807) is 0 Å². The lowest BCUT2D eigenvalue weighted by Crippen LogP contribution is -2.69. The third-order valence-electron chi connectivity index (χ3n) is 5.87. The summed E-state index contributed by atoms with van der Waals surface area (Å²) in [5, 5.41) is 6.25. The third kappa shape index (κ3) is 4.00. The van der Waals surface area contributed by atoms with Gasteiger partial charge in [0.15, 0.2) is 0 Å². The van der Waals surface area contributed by atoms with Crippen molar-refractivity contribution in [2.75, 3.05) is 5.32 Å². The molecule has 1 fully saturated rings. The Balaban J connectivity index is 1.60. The molecule has 2 aromatic carbocycles. The smallest absolute Gasteiger partial charge is 0.261 e. The second kappa shape index (κ2) is 8.13. The van der Waals surface area contributed by atoms with Crippen LogP contribution in [0.2, 0.25) is 5.04 Å². The van der Waals surface area contributed by atoms with E-state index in [9.17, 15) is 0 Å². The fraction of sp³-hybridized carbons (Fsp3) is 0.320. The van der Waals surface area contributed by atoms with Gasteiger partial charge in [0.2, 0.25) is 0 Å². The minimum Gasteiger partial charge on any atom is -0.404 e. The molecule has 3 aromatic rings. The maximum absolute atomic E-state index is 7.16. The Morgan fingerprint density at radius 1 is 0.828 bits per heavy atom. The molecule has 0 amide bonds. The van der Waals surface area contributed by atoms with E-state index < -0.39 is 8.32 Å². The van der Waals surface area contributed by atoms with E-state index in [-0.39, 0.29) is 11.1 Å². The van der Waals surface area contributed by atoms with Gasteiger partial charge in [-0.15, -0.1) is 0 Å². The molecule has 1 heterocycles. The van der Waals surface area contributed by atoms with E-state index in [4.69, 9.17) is 4.43 Å². The lowest BCUT2D eigenvalue weighted by atomic mass is 9.89. The van der Waals surface area contributed by atoms with E-state index >= 15 is 0 Å². The number of benzene rings is 2. The highest BCUT2D eigenvalue weighted by Crippen LogP contribution is 2.40. The highest BCUT2D eigenvalue weighted by molar-refractivity contribution is 6.99. The van der Waals surface area contributed by atoms with E-state index in [0.717, 1.165) is 18.7 Å². The normalized spacial score (nSPS) is 19.4. The van der Waals surface area contributed by atoms with Crippen LogP contribution in [0.15, 0.2) is 85.1 Å². The molecule has 0 saturated heterocycles. The summed E-state index contributed by atoms with van der Waals surface area (Å²) in [4.78, 5) is 4.39. The van der Waals surface area contributed by atoms with Gasteiger partial charge in [-0.3, -0.25) is 0 Å². The topological polar surface area (TPSA) is 34.1 Å². The van der Waals surface area contributed by atoms with Crippen LogP contribution in [-0.4, -0.2) is 25.4 Å². The van der Waals surface area contributed by atoms with Crippen LogP contribution in [0.3, 0.4) is 0 Å². The average Bonchev–Trinajstić information content (AvgIpc) is 2.71. The number of nitrogens with one attached hydrogen (secondary N) is 1. The van der Waals surface area contributed by atoms with Gasteiger partial charge in [0.1, 0.15) is 5.82 Å². The Kier molecular flexibility index (Phi) is 5.57. The quantitative estimate of drug-likeness (QED) is 0.612. The first-order chi connectivity index (χ1) is 14.0. The Morgan fingerprint density at radius 3 is 1.86 bits per heavy atom. The minimum atomic E-state index is -2.45. The molecule has 0 unspecified atom stereocenters. The molecule has 1 saturated carbocycles. The number of aromatic nitrogens is 1. The van der Waals surface area contributed by atoms with Crippen LogP contribution < -0.4 is 15.7 Å². The molecule has 1 aromatic heterocycles. The Hall–Kier alpha value is -2.43. The summed E-state index contributed by atoms with van der Waals surface area (Å²) in [5.74, 6) is 0.946. The highest BCUT2D eigenvalue weighted by Gasteiger charge is 2.52. The molecule has 0 atom stereocenters. The van der Waals surface area contributed by atoms with Gasteiger partial charge < -0.3 is 9.74 Å². The van der Waals surface area contributed by atoms with Crippen LogP contribution in [0.25, 0.3) is 0 Å². The van der Waals surface area contributed by atoms with Gasteiger partial charge in [0.25, 0.3) is 8.32 Å². The van der Waals surface area contributed by atoms with Crippen molar-refractivity contribution < 1.29 is 4.43 Å². The van der Waals surface area contributed by atoms with Crippen LogP contribution in [0.1, 0.15) is 33.6 Å². The van der Waals surface area contributed by atoms with Crippen LogP contribution in [0, 0.1) is 0 Å². The fourth-order valence-corrected chi connectivity index (χ4v) is 9.09. The van der Waals surface area contributed by atoms with Crippen molar-refractivity contribution in [1.29, 1.82) is 0 Å². The SMILES string of the molecule is CC(C)(C)[Si](OC1CC(Nc2ccccn2)C1)(c1ccccc1)c1ccccc1. The van der Waals surface area contributed by atoms with E-state index in [2.05, 4.69) is 91.7 Å². The number of hydrogen-bond donors (Lipinski definition) is 1. The molecular weight excluding hydrogens is 372 g/mol. The molecule has 0 radical (unpaired) electrons. The average molecular weight is 403 g/mol. The van der Waals surface area contributed by atoms with Crippen molar-refractivity contribution >= 4 is 24.5 Å². The molecule has 0 aliphatic heterocycles. The molecular formula is C25H30N2OSi. The zero-order valence-corrected chi connectivity index (χ0v) is 18.5. The molecule has 150 valence electrons. The largest absolute Gasteiger partial charge is 0.404 e. The van der Waals surface area contributed by atoms with Crippen molar-refractivity contribution in [3.63, 3.8) is 0 Å². The Labute approximate surface area is 175 Å². The first kappa shape index (κ1) is 19.9. The summed E-state index contributed by atoms with van der Waals surface area (Å²) >= 11 is 0. The molecule has 4 rings (SSSR count). The van der Waals surface area contributed by atoms with Gasteiger partial charge in [0, 0.05) is 18.3 Å². The van der Waals surface area contributed by atoms with Crippen LogP contribution in [0.5, 0.6) is 0 Å². The van der Waals surface area contributed by atoms with Gasteiger partial charge >= 0.3 is 0 Å². The number of rotatable bonds is 6. The number of nitrogens with zero attached hydrogens (tertiary/aromatic N) is 1. The Bertz CT molecular complexity index is 864. The van der Waals surface area contributed by atoms with Gasteiger partial charge in [0.05, 0.1) is 0 Å². The lowest BCUT2D eigenvalue weighted by molar-refractivity contribution is 0.0973. The van der Waals surface area contributed by atoms with Gasteiger partial charge in [-0.05, 0) is 40.4 Å². The predicted molar refractivity (Wildman–Crippen MR) is 123 cm³/mol. The van der Waals surface area contributed by atoms with Crippen LogP contribution >= 0.6 is 0 Å². The maximum Gasteiger partial charge on any atom is 0.261 e. The molecule has 4 heteroatoms. The van der Waals surface area contributed by atoms with E-state index in [0.29, 0.717) is 6.04 Å². The van der Waals surface area contributed by atoms with Crippen LogP contribution in [0.4, 0.5) is 5.82 Å². The molecule has 1 N–H and O–H groups in total.